The largest absolute Gasteiger partial charge is 0.395 e. The van der Waals surface area contributed by atoms with E-state index in [1.54, 1.807) is 6.20 Å². The number of hydrogen-bond acceptors (Lipinski definition) is 4. The number of amides is 1. The van der Waals surface area contributed by atoms with Gasteiger partial charge >= 0.3 is 0 Å². The summed E-state index contributed by atoms with van der Waals surface area (Å²) in [4.78, 5) is 18.3. The molecular formula is C22H27N3O2. The van der Waals surface area contributed by atoms with Gasteiger partial charge < -0.3 is 15.3 Å². The number of pyridine rings is 1. The van der Waals surface area contributed by atoms with Gasteiger partial charge in [0.1, 0.15) is 0 Å². The lowest BCUT2D eigenvalue weighted by atomic mass is 9.77. The molecule has 2 N–H and O–H groups in total. The van der Waals surface area contributed by atoms with Crippen molar-refractivity contribution in [3.05, 3.63) is 54.4 Å². The molecule has 142 valence electrons. The van der Waals surface area contributed by atoms with Gasteiger partial charge in [0.25, 0.3) is 0 Å². The molecule has 0 bridgehead atoms. The van der Waals surface area contributed by atoms with Crippen LogP contribution < -0.4 is 5.32 Å². The number of carbonyl (C=O) groups is 1. The third-order valence-electron chi connectivity index (χ3n) is 5.84. The average Bonchev–Trinajstić information content (AvgIpc) is 3.50. The van der Waals surface area contributed by atoms with E-state index < -0.39 is 0 Å². The predicted molar refractivity (Wildman–Crippen MR) is 105 cm³/mol. The number of carbonyl (C=O) groups excluding carboxylic acids is 1. The fourth-order valence-electron chi connectivity index (χ4n) is 3.99. The fraction of sp³-hybridized carbons (Fsp3) is 0.455. The summed E-state index contributed by atoms with van der Waals surface area (Å²) in [7, 11) is 1.89. The van der Waals surface area contributed by atoms with Crippen molar-refractivity contribution in [1.82, 2.24) is 15.2 Å². The van der Waals surface area contributed by atoms with Crippen LogP contribution in [0.15, 0.2) is 48.8 Å². The zero-order chi connectivity index (χ0) is 18.8. The monoisotopic (exact) mass is 365 g/mol. The van der Waals surface area contributed by atoms with Crippen LogP contribution >= 0.6 is 0 Å². The molecule has 1 aromatic carbocycles. The van der Waals surface area contributed by atoms with Crippen molar-refractivity contribution in [2.24, 2.45) is 5.92 Å². The molecule has 5 heteroatoms. The summed E-state index contributed by atoms with van der Waals surface area (Å²) >= 11 is 0. The summed E-state index contributed by atoms with van der Waals surface area (Å²) in [6.45, 7) is 0.780. The highest BCUT2D eigenvalue weighted by Gasteiger charge is 2.42. The smallest absolute Gasteiger partial charge is 0.222 e. The van der Waals surface area contributed by atoms with Crippen LogP contribution in [0.5, 0.6) is 0 Å². The van der Waals surface area contributed by atoms with Crippen molar-refractivity contribution in [1.29, 1.82) is 0 Å². The predicted octanol–water partition coefficient (Wildman–Crippen LogP) is 2.42. The van der Waals surface area contributed by atoms with Gasteiger partial charge in [-0.1, -0.05) is 30.3 Å². The van der Waals surface area contributed by atoms with E-state index in [0.29, 0.717) is 18.9 Å². The van der Waals surface area contributed by atoms with Crippen LogP contribution in [-0.4, -0.2) is 53.2 Å². The minimum Gasteiger partial charge on any atom is -0.395 e. The maximum atomic E-state index is 12.3. The lowest BCUT2D eigenvalue weighted by molar-refractivity contribution is -0.131. The Morgan fingerprint density at radius 1 is 1.19 bits per heavy atom. The van der Waals surface area contributed by atoms with E-state index in [4.69, 9.17) is 0 Å². The van der Waals surface area contributed by atoms with Crippen LogP contribution in [-0.2, 0) is 4.79 Å². The number of likely N-dealkylation sites (N-methyl/N-ethyl adjacent to an activating group) is 1. The number of aliphatic hydroxyl groups is 1. The summed E-state index contributed by atoms with van der Waals surface area (Å²) in [5, 5.41) is 13.1. The van der Waals surface area contributed by atoms with Crippen molar-refractivity contribution < 1.29 is 9.90 Å². The molecule has 27 heavy (non-hydrogen) atoms. The zero-order valence-electron chi connectivity index (χ0n) is 15.7. The van der Waals surface area contributed by atoms with E-state index in [2.05, 4.69) is 34.6 Å². The lowest BCUT2D eigenvalue weighted by Gasteiger charge is -2.47. The molecule has 2 fully saturated rings. The number of aliphatic hydroxyl groups excluding tert-OH is 1. The fourth-order valence-corrected chi connectivity index (χ4v) is 3.99. The number of nitrogens with one attached hydrogen (secondary N) is 1. The number of rotatable bonds is 7. The molecule has 0 unspecified atom stereocenters. The number of aromatic nitrogens is 1. The average molecular weight is 365 g/mol. The highest BCUT2D eigenvalue weighted by Crippen LogP contribution is 2.35. The van der Waals surface area contributed by atoms with Crippen LogP contribution in [0.4, 0.5) is 0 Å². The van der Waals surface area contributed by atoms with Crippen molar-refractivity contribution in [2.45, 2.75) is 37.3 Å². The first-order valence-electron chi connectivity index (χ1n) is 9.77. The lowest BCUT2D eigenvalue weighted by Crippen LogP contribution is -2.64. The Balaban J connectivity index is 1.44. The molecule has 1 saturated heterocycles. The summed E-state index contributed by atoms with van der Waals surface area (Å²) < 4.78 is 0. The third-order valence-corrected chi connectivity index (χ3v) is 5.84. The molecule has 0 radical (unpaired) electrons. The molecule has 1 aromatic heterocycles. The summed E-state index contributed by atoms with van der Waals surface area (Å²) in [6, 6.07) is 12.7. The molecule has 1 amide bonds. The summed E-state index contributed by atoms with van der Waals surface area (Å²) in [5.41, 5.74) is 3.43. The van der Waals surface area contributed by atoms with Crippen molar-refractivity contribution >= 4 is 5.91 Å². The number of hydrogen-bond donors (Lipinski definition) is 2. The second kappa shape index (κ2) is 7.79. The highest BCUT2D eigenvalue weighted by atomic mass is 16.3. The van der Waals surface area contributed by atoms with Gasteiger partial charge in [0.2, 0.25) is 5.91 Å². The molecule has 1 aliphatic carbocycles. The van der Waals surface area contributed by atoms with E-state index in [-0.39, 0.29) is 30.5 Å². The van der Waals surface area contributed by atoms with E-state index in [0.717, 1.165) is 11.1 Å². The van der Waals surface area contributed by atoms with Crippen LogP contribution in [0, 0.1) is 5.92 Å². The Hall–Kier alpha value is -2.24. The standard InChI is InChI=1S/C22H27N3O2/c1-25(21(27)11-15-4-5-15)13-19-22(20(14-26)24-19)17-8-6-16(7-9-17)18-3-2-10-23-12-18/h2-3,6-10,12,15,19-20,22,24,26H,4-5,11,13-14H2,1H3/t19-,20+,22+/m1/s1. The van der Waals surface area contributed by atoms with Crippen LogP contribution in [0.1, 0.15) is 30.7 Å². The zero-order valence-corrected chi connectivity index (χ0v) is 15.7. The van der Waals surface area contributed by atoms with Gasteiger partial charge in [0.05, 0.1) is 6.61 Å². The second-order valence-corrected chi connectivity index (χ2v) is 7.87. The first kappa shape index (κ1) is 18.1. The Morgan fingerprint density at radius 2 is 1.96 bits per heavy atom. The van der Waals surface area contributed by atoms with Crippen molar-refractivity contribution in [2.75, 3.05) is 20.2 Å². The molecule has 4 rings (SSSR count). The van der Waals surface area contributed by atoms with Crippen molar-refractivity contribution in [3.63, 3.8) is 0 Å². The Kier molecular flexibility index (Phi) is 5.23. The van der Waals surface area contributed by atoms with Crippen LogP contribution in [0.25, 0.3) is 11.1 Å². The molecule has 2 aliphatic rings. The molecule has 1 saturated carbocycles. The summed E-state index contributed by atoms with van der Waals surface area (Å²) in [6.07, 6.45) is 6.70. The SMILES string of the molecule is CN(C[C@H]1N[C@@H](CO)[C@H]1c1ccc(-c2cccnc2)cc1)C(=O)CC1CC1. The third kappa shape index (κ3) is 4.04. The molecule has 5 nitrogen and oxygen atoms in total. The maximum Gasteiger partial charge on any atom is 0.222 e. The Bertz CT molecular complexity index is 774. The minimum absolute atomic E-state index is 0.0474. The van der Waals surface area contributed by atoms with Crippen molar-refractivity contribution in [3.8, 4) is 11.1 Å². The first-order valence-corrected chi connectivity index (χ1v) is 9.77. The van der Waals surface area contributed by atoms with E-state index in [1.807, 2.05) is 30.3 Å². The normalized spacial score (nSPS) is 24.3. The molecular weight excluding hydrogens is 338 g/mol. The molecule has 3 atom stereocenters. The quantitative estimate of drug-likeness (QED) is 0.791. The Labute approximate surface area is 160 Å². The topological polar surface area (TPSA) is 65.5 Å². The van der Waals surface area contributed by atoms with Gasteiger partial charge in [-0.15, -0.1) is 0 Å². The van der Waals surface area contributed by atoms with E-state index in [9.17, 15) is 9.90 Å². The van der Waals surface area contributed by atoms with Gasteiger partial charge in [-0.05, 0) is 41.5 Å². The number of nitrogens with zero attached hydrogens (tertiary/aromatic N) is 2. The summed E-state index contributed by atoms with van der Waals surface area (Å²) in [5.74, 6) is 1.06. The number of benzene rings is 1. The minimum atomic E-state index is 0.0474. The molecule has 2 heterocycles. The van der Waals surface area contributed by atoms with Gasteiger partial charge in [-0.25, -0.2) is 0 Å². The van der Waals surface area contributed by atoms with Gasteiger partial charge in [-0.2, -0.15) is 0 Å². The Morgan fingerprint density at radius 3 is 2.59 bits per heavy atom. The highest BCUT2D eigenvalue weighted by molar-refractivity contribution is 5.76. The molecule has 1 aliphatic heterocycles. The van der Waals surface area contributed by atoms with Gasteiger partial charge in [-0.3, -0.25) is 9.78 Å². The second-order valence-electron chi connectivity index (χ2n) is 7.87. The van der Waals surface area contributed by atoms with E-state index in [1.165, 1.54) is 18.4 Å². The molecule has 2 aromatic rings. The van der Waals surface area contributed by atoms with Gasteiger partial charge in [0, 0.05) is 50.4 Å². The van der Waals surface area contributed by atoms with Crippen LogP contribution in [0.2, 0.25) is 0 Å². The first-order chi connectivity index (χ1) is 13.2. The van der Waals surface area contributed by atoms with Gasteiger partial charge in [0.15, 0.2) is 0 Å². The van der Waals surface area contributed by atoms with E-state index >= 15 is 0 Å². The maximum absolute atomic E-state index is 12.3. The van der Waals surface area contributed by atoms with Crippen LogP contribution in [0.3, 0.4) is 0 Å². The molecule has 0 spiro atoms.